The third-order valence-corrected chi connectivity index (χ3v) is 9.50. The molecule has 2 N–H and O–H groups in total. The molecule has 0 spiro atoms. The predicted molar refractivity (Wildman–Crippen MR) is 174 cm³/mol. The minimum absolute atomic E-state index is 0.0174. The zero-order valence-electron chi connectivity index (χ0n) is 26.5. The standard InChI is InChI=1S/C35H36F2N6O5/c1-46-31-15-22(2-4-29(31)42-12-10-41(11-13-42)25-19-47-20-25)28-16-26-27(40-28)6-8-39-34(26)23-3-5-30(24(14-23)17-38)48-32-7-9-43(33(45)18-44)21-35(32,36)37/h2-6,8,14-16,25,32,40,44H,7,9-13,18-21H2,1H3/t32-/m0/s1. The van der Waals surface area contributed by atoms with Gasteiger partial charge in [-0.3, -0.25) is 14.7 Å². The number of nitriles is 1. The van der Waals surface area contributed by atoms with Crippen LogP contribution in [0.4, 0.5) is 14.5 Å². The molecule has 0 aliphatic carbocycles. The molecule has 2 aromatic carbocycles. The van der Waals surface area contributed by atoms with Gasteiger partial charge in [-0.1, -0.05) is 6.07 Å². The lowest BCUT2D eigenvalue weighted by atomic mass is 10.0. The number of hydrogen-bond donors (Lipinski definition) is 2. The number of aliphatic hydroxyl groups is 1. The molecule has 0 radical (unpaired) electrons. The molecular formula is C35H36F2N6O5. The summed E-state index contributed by atoms with van der Waals surface area (Å²) in [5, 5.41) is 19.8. The number of carbonyl (C=O) groups excluding carboxylic acids is 1. The van der Waals surface area contributed by atoms with E-state index < -0.39 is 31.1 Å². The number of aliphatic hydroxyl groups excluding tert-OH is 1. The van der Waals surface area contributed by atoms with E-state index in [1.165, 1.54) is 6.07 Å². The van der Waals surface area contributed by atoms with Crippen LogP contribution < -0.4 is 14.4 Å². The number of carbonyl (C=O) groups is 1. The van der Waals surface area contributed by atoms with Crippen molar-refractivity contribution < 1.29 is 32.9 Å². The average molecular weight is 659 g/mol. The number of piperidine rings is 1. The van der Waals surface area contributed by atoms with E-state index in [1.54, 1.807) is 25.4 Å². The average Bonchev–Trinajstić information content (AvgIpc) is 3.53. The van der Waals surface area contributed by atoms with Crippen molar-refractivity contribution in [3.63, 3.8) is 0 Å². The number of anilines is 1. The van der Waals surface area contributed by atoms with Crippen LogP contribution in [-0.2, 0) is 9.53 Å². The van der Waals surface area contributed by atoms with Crippen LogP contribution in [0, 0.1) is 11.3 Å². The second kappa shape index (κ2) is 13.0. The number of methoxy groups -OCH3 is 1. The van der Waals surface area contributed by atoms with Crippen LogP contribution in [0.15, 0.2) is 54.7 Å². The van der Waals surface area contributed by atoms with Crippen molar-refractivity contribution in [3.8, 4) is 40.1 Å². The first-order valence-corrected chi connectivity index (χ1v) is 16.0. The number of amides is 1. The van der Waals surface area contributed by atoms with Gasteiger partial charge in [0.05, 0.1) is 49.9 Å². The Balaban J connectivity index is 1.11. The Morgan fingerprint density at radius 1 is 1.08 bits per heavy atom. The van der Waals surface area contributed by atoms with Gasteiger partial charge < -0.3 is 34.1 Å². The van der Waals surface area contributed by atoms with Crippen molar-refractivity contribution in [1.29, 1.82) is 5.26 Å². The summed E-state index contributed by atoms with van der Waals surface area (Å²) in [5.74, 6) is -3.30. The topological polar surface area (TPSA) is 127 Å². The van der Waals surface area contributed by atoms with E-state index in [0.29, 0.717) is 17.3 Å². The maximum atomic E-state index is 14.9. The van der Waals surface area contributed by atoms with Crippen LogP contribution in [0.3, 0.4) is 0 Å². The lowest BCUT2D eigenvalue weighted by Gasteiger charge is -2.43. The first kappa shape index (κ1) is 31.8. The Morgan fingerprint density at radius 2 is 1.88 bits per heavy atom. The number of benzene rings is 2. The fourth-order valence-corrected chi connectivity index (χ4v) is 6.71. The number of aromatic nitrogens is 2. The smallest absolute Gasteiger partial charge is 0.301 e. The van der Waals surface area contributed by atoms with Crippen molar-refractivity contribution in [2.45, 2.75) is 24.5 Å². The Morgan fingerprint density at radius 3 is 2.56 bits per heavy atom. The van der Waals surface area contributed by atoms with Gasteiger partial charge in [-0.25, -0.2) is 8.78 Å². The summed E-state index contributed by atoms with van der Waals surface area (Å²) >= 11 is 0. The number of nitrogens with one attached hydrogen (secondary N) is 1. The van der Waals surface area contributed by atoms with E-state index in [0.717, 1.165) is 77.9 Å². The lowest BCUT2D eigenvalue weighted by molar-refractivity contribution is -0.161. The van der Waals surface area contributed by atoms with Gasteiger partial charge in [0, 0.05) is 73.1 Å². The molecule has 3 aliphatic rings. The molecule has 13 heteroatoms. The Kier molecular flexibility index (Phi) is 8.63. The number of rotatable bonds is 8. The second-order valence-electron chi connectivity index (χ2n) is 12.4. The molecule has 4 aromatic rings. The van der Waals surface area contributed by atoms with E-state index >= 15 is 0 Å². The minimum Gasteiger partial charge on any atom is -0.495 e. The molecule has 0 saturated carbocycles. The highest BCUT2D eigenvalue weighted by Crippen LogP contribution is 2.38. The molecule has 3 aliphatic heterocycles. The molecular weight excluding hydrogens is 622 g/mol. The number of pyridine rings is 1. The Bertz CT molecular complexity index is 1860. The van der Waals surface area contributed by atoms with E-state index in [4.69, 9.17) is 19.3 Å². The summed E-state index contributed by atoms with van der Waals surface area (Å²) in [7, 11) is 1.68. The van der Waals surface area contributed by atoms with E-state index in [1.807, 2.05) is 18.2 Å². The zero-order chi connectivity index (χ0) is 33.4. The maximum Gasteiger partial charge on any atom is 0.301 e. The van der Waals surface area contributed by atoms with Crippen molar-refractivity contribution in [2.24, 2.45) is 0 Å². The highest BCUT2D eigenvalue weighted by atomic mass is 19.3. The van der Waals surface area contributed by atoms with Gasteiger partial charge in [0.25, 0.3) is 0 Å². The molecule has 5 heterocycles. The number of likely N-dealkylation sites (tertiary alicyclic amines) is 1. The number of aromatic amines is 1. The van der Waals surface area contributed by atoms with Crippen LogP contribution in [-0.4, -0.2) is 115 Å². The fourth-order valence-electron chi connectivity index (χ4n) is 6.71. The molecule has 3 saturated heterocycles. The number of nitrogens with zero attached hydrogens (tertiary/aromatic N) is 5. The van der Waals surface area contributed by atoms with Crippen LogP contribution in [0.2, 0.25) is 0 Å². The summed E-state index contributed by atoms with van der Waals surface area (Å²) < 4.78 is 46.7. The van der Waals surface area contributed by atoms with Crippen molar-refractivity contribution >= 4 is 22.5 Å². The number of halogens is 2. The highest BCUT2D eigenvalue weighted by Gasteiger charge is 2.47. The lowest BCUT2D eigenvalue weighted by Crippen LogP contribution is -2.56. The first-order chi connectivity index (χ1) is 23.3. The van der Waals surface area contributed by atoms with Crippen molar-refractivity contribution in [1.82, 2.24) is 19.8 Å². The number of hydrogen-bond acceptors (Lipinski definition) is 9. The SMILES string of the molecule is COc1cc(-c2cc3c(-c4ccc(O[C@H]5CCN(C(=O)CO)CC5(F)F)c(C#N)c4)nccc3[nH]2)ccc1N1CCN(C2COC2)CC1. The number of alkyl halides is 2. The van der Waals surface area contributed by atoms with Gasteiger partial charge in [-0.05, 0) is 42.5 Å². The van der Waals surface area contributed by atoms with Gasteiger partial charge in [-0.15, -0.1) is 0 Å². The molecule has 3 fully saturated rings. The molecule has 2 aromatic heterocycles. The molecule has 48 heavy (non-hydrogen) atoms. The number of fused-ring (bicyclic) bond motifs is 1. The highest BCUT2D eigenvalue weighted by molar-refractivity contribution is 5.96. The normalized spacial score (nSPS) is 19.9. The summed E-state index contributed by atoms with van der Waals surface area (Å²) in [4.78, 5) is 25.6. The van der Waals surface area contributed by atoms with E-state index in [9.17, 15) is 18.8 Å². The zero-order valence-corrected chi connectivity index (χ0v) is 26.5. The van der Waals surface area contributed by atoms with Crippen LogP contribution >= 0.6 is 0 Å². The Hall–Kier alpha value is -4.77. The third-order valence-electron chi connectivity index (χ3n) is 9.50. The first-order valence-electron chi connectivity index (χ1n) is 16.0. The number of piperazine rings is 1. The van der Waals surface area contributed by atoms with Gasteiger partial charge in [-0.2, -0.15) is 5.26 Å². The minimum atomic E-state index is -3.36. The van der Waals surface area contributed by atoms with Crippen LogP contribution in [0.5, 0.6) is 11.5 Å². The second-order valence-corrected chi connectivity index (χ2v) is 12.4. The summed E-state index contributed by atoms with van der Waals surface area (Å²) in [6.07, 6.45) is 0.00865. The number of H-pyrrole nitrogens is 1. The quantitative estimate of drug-likeness (QED) is 0.290. The van der Waals surface area contributed by atoms with E-state index in [2.05, 4.69) is 38.0 Å². The molecule has 250 valence electrons. The van der Waals surface area contributed by atoms with E-state index in [-0.39, 0.29) is 24.3 Å². The van der Waals surface area contributed by atoms with Crippen molar-refractivity contribution in [3.05, 3.63) is 60.3 Å². The summed E-state index contributed by atoms with van der Waals surface area (Å²) in [6, 6.07) is 17.5. The van der Waals surface area contributed by atoms with Gasteiger partial charge in [0.2, 0.25) is 5.91 Å². The maximum absolute atomic E-state index is 14.9. The third kappa shape index (κ3) is 6.03. The molecule has 7 rings (SSSR count). The van der Waals surface area contributed by atoms with Gasteiger partial charge in [0.15, 0.2) is 6.10 Å². The molecule has 11 nitrogen and oxygen atoms in total. The Labute approximate surface area is 276 Å². The molecule has 1 atom stereocenters. The van der Waals surface area contributed by atoms with Gasteiger partial charge >= 0.3 is 5.92 Å². The van der Waals surface area contributed by atoms with Gasteiger partial charge in [0.1, 0.15) is 24.2 Å². The largest absolute Gasteiger partial charge is 0.495 e. The molecule has 0 bridgehead atoms. The molecule has 0 unspecified atom stereocenters. The summed E-state index contributed by atoms with van der Waals surface area (Å²) in [5.41, 5.74) is 5.05. The monoisotopic (exact) mass is 658 g/mol. The predicted octanol–water partition coefficient (Wildman–Crippen LogP) is 3.91. The fraction of sp³-hybridized carbons (Fsp3) is 0.400. The number of ether oxygens (including phenoxy) is 3. The van der Waals surface area contributed by atoms with Crippen LogP contribution in [0.25, 0.3) is 33.4 Å². The van der Waals surface area contributed by atoms with Crippen molar-refractivity contribution in [2.75, 3.05) is 71.1 Å². The van der Waals surface area contributed by atoms with Crippen LogP contribution in [0.1, 0.15) is 12.0 Å². The summed E-state index contributed by atoms with van der Waals surface area (Å²) in [6.45, 7) is 3.75. The molecule has 1 amide bonds.